The Morgan fingerprint density at radius 2 is 1.77 bits per heavy atom. The van der Waals surface area contributed by atoms with Gasteiger partial charge in [0.05, 0.1) is 11.4 Å². The zero-order valence-corrected chi connectivity index (χ0v) is 18.9. The Morgan fingerprint density at radius 1 is 1.00 bits per heavy atom. The largest absolute Gasteiger partial charge is 0.348 e. The van der Waals surface area contributed by atoms with Crippen LogP contribution in [0.15, 0.2) is 82.6 Å². The van der Waals surface area contributed by atoms with Crippen LogP contribution in [0.2, 0.25) is 0 Å². The molecule has 0 aliphatic rings. The number of hydrogen-bond donors (Lipinski definition) is 0. The molecule has 152 valence electrons. The van der Waals surface area contributed by atoms with Crippen LogP contribution in [-0.2, 0) is 20.0 Å². The maximum absolute atomic E-state index is 12.6. The third kappa shape index (κ3) is 4.74. The minimum absolute atomic E-state index is 0.0790. The molecule has 0 spiro atoms. The predicted octanol–water partition coefficient (Wildman–Crippen LogP) is 5.26. The van der Waals surface area contributed by atoms with E-state index in [2.05, 4.69) is 42.8 Å². The van der Waals surface area contributed by atoms with Gasteiger partial charge in [0, 0.05) is 29.8 Å². The lowest BCUT2D eigenvalue weighted by atomic mass is 10.1. The van der Waals surface area contributed by atoms with Crippen LogP contribution >= 0.6 is 27.7 Å². The number of Topliss-reactive ketones (excluding diaryl/α,β-unsaturated/α-hetero) is 1. The number of aryl methyl sites for hydroxylation is 2. The molecule has 0 fully saturated rings. The lowest BCUT2D eigenvalue weighted by Crippen LogP contribution is -2.10. The first kappa shape index (κ1) is 20.6. The number of hydrogen-bond acceptors (Lipinski definition) is 4. The average molecular weight is 481 g/mol. The summed E-state index contributed by atoms with van der Waals surface area (Å²) in [5.74, 6) is 1.21. The van der Waals surface area contributed by atoms with Gasteiger partial charge in [-0.1, -0.05) is 70.2 Å². The summed E-state index contributed by atoms with van der Waals surface area (Å²) >= 11 is 4.92. The van der Waals surface area contributed by atoms with Crippen molar-refractivity contribution in [2.24, 2.45) is 7.05 Å². The molecule has 0 saturated carbocycles. The molecule has 0 unspecified atom stereocenters. The summed E-state index contributed by atoms with van der Waals surface area (Å²) in [6.07, 6.45) is 2.74. The molecule has 0 atom stereocenters. The van der Waals surface area contributed by atoms with E-state index in [4.69, 9.17) is 0 Å². The molecule has 0 radical (unpaired) electrons. The fourth-order valence-corrected chi connectivity index (χ4v) is 4.35. The maximum Gasteiger partial charge on any atom is 0.191 e. The van der Waals surface area contributed by atoms with E-state index in [-0.39, 0.29) is 5.78 Å². The van der Waals surface area contributed by atoms with E-state index in [1.165, 1.54) is 17.3 Å². The van der Waals surface area contributed by atoms with Gasteiger partial charge >= 0.3 is 0 Å². The molecule has 2 aromatic heterocycles. The first-order valence-corrected chi connectivity index (χ1v) is 11.4. The standard InChI is InChI=1S/C23H21BrN4OS/c1-27-14-5-8-20(27)21(29)16-30-23-26-25-22(18-9-11-19(24)12-10-18)28(23)15-13-17-6-3-2-4-7-17/h2-12,14H,13,15-16H2,1H3. The third-order valence-electron chi connectivity index (χ3n) is 4.85. The molecule has 7 heteroatoms. The number of aromatic nitrogens is 4. The first-order valence-electron chi connectivity index (χ1n) is 9.62. The van der Waals surface area contributed by atoms with E-state index >= 15 is 0 Å². The SMILES string of the molecule is Cn1cccc1C(=O)CSc1nnc(-c2ccc(Br)cc2)n1CCc1ccccc1. The normalized spacial score (nSPS) is 11.0. The van der Waals surface area contributed by atoms with E-state index in [9.17, 15) is 4.79 Å². The highest BCUT2D eigenvalue weighted by atomic mass is 79.9. The Labute approximate surface area is 188 Å². The van der Waals surface area contributed by atoms with Gasteiger partial charge in [0.1, 0.15) is 0 Å². The topological polar surface area (TPSA) is 52.7 Å². The molecule has 2 heterocycles. The van der Waals surface area contributed by atoms with Crippen molar-refractivity contribution in [3.63, 3.8) is 0 Å². The number of carbonyl (C=O) groups excluding carboxylic acids is 1. The second kappa shape index (κ2) is 9.45. The Morgan fingerprint density at radius 3 is 2.47 bits per heavy atom. The quantitative estimate of drug-likeness (QED) is 0.254. The minimum Gasteiger partial charge on any atom is -0.348 e. The van der Waals surface area contributed by atoms with Crippen molar-refractivity contribution < 1.29 is 4.79 Å². The van der Waals surface area contributed by atoms with Gasteiger partial charge in [-0.3, -0.25) is 4.79 Å². The molecular formula is C23H21BrN4OS. The number of ketones is 1. The van der Waals surface area contributed by atoms with E-state index in [0.717, 1.165) is 34.0 Å². The maximum atomic E-state index is 12.6. The number of rotatable bonds is 8. The van der Waals surface area contributed by atoms with Gasteiger partial charge in [-0.2, -0.15) is 0 Å². The van der Waals surface area contributed by atoms with Crippen LogP contribution in [0.3, 0.4) is 0 Å². The highest BCUT2D eigenvalue weighted by Crippen LogP contribution is 2.26. The lowest BCUT2D eigenvalue weighted by Gasteiger charge is -2.11. The summed E-state index contributed by atoms with van der Waals surface area (Å²) in [5, 5.41) is 9.61. The molecule has 0 aliphatic heterocycles. The second-order valence-electron chi connectivity index (χ2n) is 6.92. The van der Waals surface area contributed by atoms with E-state index in [0.29, 0.717) is 11.4 Å². The summed E-state index contributed by atoms with van der Waals surface area (Å²) < 4.78 is 4.97. The van der Waals surface area contributed by atoms with Crippen LogP contribution in [0.4, 0.5) is 0 Å². The minimum atomic E-state index is 0.0790. The van der Waals surface area contributed by atoms with Crippen LogP contribution in [-0.4, -0.2) is 30.9 Å². The molecule has 5 nitrogen and oxygen atoms in total. The zero-order chi connectivity index (χ0) is 20.9. The molecule has 2 aromatic carbocycles. The van der Waals surface area contributed by atoms with Crippen molar-refractivity contribution >= 4 is 33.5 Å². The Balaban J connectivity index is 1.58. The molecule has 0 saturated heterocycles. The second-order valence-corrected chi connectivity index (χ2v) is 8.77. The van der Waals surface area contributed by atoms with Gasteiger partial charge in [0.2, 0.25) is 0 Å². The zero-order valence-electron chi connectivity index (χ0n) is 16.5. The van der Waals surface area contributed by atoms with Crippen LogP contribution in [0, 0.1) is 0 Å². The Kier molecular flexibility index (Phi) is 6.50. The number of benzene rings is 2. The molecule has 4 rings (SSSR count). The molecule has 0 amide bonds. The number of thioether (sulfide) groups is 1. The lowest BCUT2D eigenvalue weighted by molar-refractivity contribution is 0.101. The van der Waals surface area contributed by atoms with Crippen molar-refractivity contribution in [1.82, 2.24) is 19.3 Å². The number of nitrogens with zero attached hydrogens (tertiary/aromatic N) is 4. The molecule has 0 N–H and O–H groups in total. The van der Waals surface area contributed by atoms with Gasteiger partial charge in [-0.25, -0.2) is 0 Å². The van der Waals surface area contributed by atoms with E-state index in [1.807, 2.05) is 72.4 Å². The van der Waals surface area contributed by atoms with Gasteiger partial charge in [-0.05, 0) is 36.2 Å². The van der Waals surface area contributed by atoms with Crippen LogP contribution in [0.5, 0.6) is 0 Å². The van der Waals surface area contributed by atoms with Crippen LogP contribution < -0.4 is 0 Å². The van der Waals surface area contributed by atoms with Gasteiger partial charge in [0.15, 0.2) is 16.8 Å². The van der Waals surface area contributed by atoms with Gasteiger partial charge in [-0.15, -0.1) is 10.2 Å². The van der Waals surface area contributed by atoms with Gasteiger partial charge in [0.25, 0.3) is 0 Å². The van der Waals surface area contributed by atoms with Crippen molar-refractivity contribution in [2.45, 2.75) is 18.1 Å². The van der Waals surface area contributed by atoms with Crippen molar-refractivity contribution in [1.29, 1.82) is 0 Å². The summed E-state index contributed by atoms with van der Waals surface area (Å²) in [7, 11) is 1.88. The van der Waals surface area contributed by atoms with Crippen molar-refractivity contribution in [2.75, 3.05) is 5.75 Å². The summed E-state index contributed by atoms with van der Waals surface area (Å²) in [4.78, 5) is 12.6. The number of halogens is 1. The first-order chi connectivity index (χ1) is 14.6. The summed E-state index contributed by atoms with van der Waals surface area (Å²) in [6, 6.07) is 22.1. The number of carbonyl (C=O) groups is 1. The average Bonchev–Trinajstić information content (AvgIpc) is 3.38. The molecule has 30 heavy (non-hydrogen) atoms. The van der Waals surface area contributed by atoms with E-state index in [1.54, 1.807) is 0 Å². The van der Waals surface area contributed by atoms with Crippen LogP contribution in [0.1, 0.15) is 16.1 Å². The molecule has 0 aliphatic carbocycles. The summed E-state index contributed by atoms with van der Waals surface area (Å²) in [5.41, 5.74) is 2.95. The van der Waals surface area contributed by atoms with Gasteiger partial charge < -0.3 is 9.13 Å². The van der Waals surface area contributed by atoms with Crippen LogP contribution in [0.25, 0.3) is 11.4 Å². The van der Waals surface area contributed by atoms with Crippen molar-refractivity contribution in [3.8, 4) is 11.4 Å². The highest BCUT2D eigenvalue weighted by Gasteiger charge is 2.17. The van der Waals surface area contributed by atoms with E-state index < -0.39 is 0 Å². The summed E-state index contributed by atoms with van der Waals surface area (Å²) in [6.45, 7) is 0.739. The molecule has 0 bridgehead atoms. The van der Waals surface area contributed by atoms with Crippen molar-refractivity contribution in [3.05, 3.63) is 88.7 Å². The highest BCUT2D eigenvalue weighted by molar-refractivity contribution is 9.10. The smallest absolute Gasteiger partial charge is 0.191 e. The Bertz CT molecular complexity index is 1140. The fraction of sp³-hybridized carbons (Fsp3) is 0.174. The molecular weight excluding hydrogens is 460 g/mol. The third-order valence-corrected chi connectivity index (χ3v) is 6.34. The Hall–Kier alpha value is -2.64. The predicted molar refractivity (Wildman–Crippen MR) is 124 cm³/mol. The molecule has 4 aromatic rings. The fourth-order valence-electron chi connectivity index (χ4n) is 3.25. The monoisotopic (exact) mass is 480 g/mol.